The quantitative estimate of drug-likeness (QED) is 0.663. The number of amides is 1. The maximum Gasteiger partial charge on any atom is 0.254 e. The van der Waals surface area contributed by atoms with Crippen LogP contribution in [0, 0.1) is 31.5 Å². The van der Waals surface area contributed by atoms with Gasteiger partial charge in [-0.25, -0.2) is 4.39 Å². The van der Waals surface area contributed by atoms with E-state index in [9.17, 15) is 9.18 Å². The van der Waals surface area contributed by atoms with E-state index in [2.05, 4.69) is 5.32 Å². The number of aryl methyl sites for hydroxylation is 2. The molecule has 142 valence electrons. The van der Waals surface area contributed by atoms with Crippen molar-refractivity contribution in [2.24, 2.45) is 11.8 Å². The van der Waals surface area contributed by atoms with E-state index in [1.54, 1.807) is 13.0 Å². The van der Waals surface area contributed by atoms with Crippen LogP contribution in [0.15, 0.2) is 48.5 Å². The zero-order valence-corrected chi connectivity index (χ0v) is 16.1. The van der Waals surface area contributed by atoms with Crippen molar-refractivity contribution in [3.63, 3.8) is 0 Å². The number of hydrogen-bond donors (Lipinski definition) is 1. The zero-order valence-electron chi connectivity index (χ0n) is 16.1. The fourth-order valence-electron chi connectivity index (χ4n) is 4.44. The highest BCUT2D eigenvalue weighted by molar-refractivity contribution is 6.12. The Kier molecular flexibility index (Phi) is 3.90. The molecule has 2 unspecified atom stereocenters. The van der Waals surface area contributed by atoms with Gasteiger partial charge in [-0.3, -0.25) is 4.79 Å². The van der Waals surface area contributed by atoms with Crippen LogP contribution in [0.3, 0.4) is 0 Å². The minimum Gasteiger partial charge on any atom is -0.355 e. The lowest BCUT2D eigenvalue weighted by Crippen LogP contribution is -2.30. The molecule has 0 spiro atoms. The summed E-state index contributed by atoms with van der Waals surface area (Å²) in [4.78, 5) is 15.2. The highest BCUT2D eigenvalue weighted by Gasteiger charge is 2.46. The summed E-state index contributed by atoms with van der Waals surface area (Å²) in [5, 5.41) is 5.29. The van der Waals surface area contributed by atoms with Crippen LogP contribution in [0.4, 0.5) is 15.8 Å². The van der Waals surface area contributed by atoms with E-state index in [4.69, 9.17) is 0 Å². The Balaban J connectivity index is 1.55. The Morgan fingerprint density at radius 1 is 1.04 bits per heavy atom. The average Bonchev–Trinajstić information content (AvgIpc) is 3.30. The summed E-state index contributed by atoms with van der Waals surface area (Å²) in [6.07, 6.45) is 1.28. The number of piperidine rings is 1. The summed E-state index contributed by atoms with van der Waals surface area (Å²) in [6, 6.07) is 15.0. The molecule has 2 aliphatic rings. The number of halogens is 1. The van der Waals surface area contributed by atoms with Gasteiger partial charge < -0.3 is 10.2 Å². The Hall–Kier alpha value is -2.88. The molecule has 3 aromatic carbocycles. The van der Waals surface area contributed by atoms with Crippen molar-refractivity contribution in [3.05, 3.63) is 71.0 Å². The fourth-order valence-corrected chi connectivity index (χ4v) is 4.44. The number of carbonyl (C=O) groups is 1. The molecule has 5 rings (SSSR count). The first kappa shape index (κ1) is 17.2. The van der Waals surface area contributed by atoms with Crippen molar-refractivity contribution in [3.8, 4) is 0 Å². The molecule has 0 radical (unpaired) electrons. The Labute approximate surface area is 164 Å². The van der Waals surface area contributed by atoms with Crippen molar-refractivity contribution in [1.29, 1.82) is 0 Å². The first-order valence-corrected chi connectivity index (χ1v) is 9.86. The monoisotopic (exact) mass is 374 g/mol. The highest BCUT2D eigenvalue weighted by atomic mass is 19.1. The second-order valence-corrected chi connectivity index (χ2v) is 8.21. The first-order chi connectivity index (χ1) is 13.5. The number of benzene rings is 3. The van der Waals surface area contributed by atoms with Crippen LogP contribution in [0.2, 0.25) is 0 Å². The molecule has 3 nitrogen and oxygen atoms in total. The molecule has 2 fully saturated rings. The number of likely N-dealkylation sites (tertiary alicyclic amines) is 1. The van der Waals surface area contributed by atoms with Crippen LogP contribution < -0.4 is 5.32 Å². The van der Waals surface area contributed by atoms with E-state index in [0.717, 1.165) is 40.7 Å². The number of hydrogen-bond acceptors (Lipinski definition) is 2. The second-order valence-electron chi connectivity index (χ2n) is 8.21. The third-order valence-corrected chi connectivity index (χ3v) is 6.20. The van der Waals surface area contributed by atoms with E-state index < -0.39 is 0 Å². The molecule has 1 aliphatic carbocycles. The number of anilines is 2. The molecule has 3 aromatic rings. The lowest BCUT2D eigenvalue weighted by Gasteiger charge is -2.21. The van der Waals surface area contributed by atoms with Crippen molar-refractivity contribution < 1.29 is 9.18 Å². The van der Waals surface area contributed by atoms with Gasteiger partial charge in [0.05, 0.1) is 0 Å². The van der Waals surface area contributed by atoms with Gasteiger partial charge in [-0.1, -0.05) is 24.3 Å². The topological polar surface area (TPSA) is 32.3 Å². The van der Waals surface area contributed by atoms with E-state index in [0.29, 0.717) is 23.1 Å². The maximum atomic E-state index is 13.9. The van der Waals surface area contributed by atoms with Gasteiger partial charge in [0.15, 0.2) is 0 Å². The lowest BCUT2D eigenvalue weighted by molar-refractivity contribution is 0.0777. The van der Waals surface area contributed by atoms with Gasteiger partial charge in [-0.05, 0) is 72.9 Å². The molecule has 1 amide bonds. The smallest absolute Gasteiger partial charge is 0.254 e. The molecule has 1 saturated carbocycles. The van der Waals surface area contributed by atoms with Crippen LogP contribution in [0.25, 0.3) is 10.8 Å². The van der Waals surface area contributed by atoms with Gasteiger partial charge in [-0.2, -0.15) is 0 Å². The minimum atomic E-state index is -0.232. The molecule has 1 aliphatic heterocycles. The van der Waals surface area contributed by atoms with E-state index in [1.165, 1.54) is 12.5 Å². The predicted octanol–water partition coefficient (Wildman–Crippen LogP) is 5.43. The van der Waals surface area contributed by atoms with Crippen LogP contribution in [0.1, 0.15) is 27.9 Å². The third-order valence-electron chi connectivity index (χ3n) is 6.20. The second kappa shape index (κ2) is 6.33. The van der Waals surface area contributed by atoms with Gasteiger partial charge in [0.25, 0.3) is 5.91 Å². The number of nitrogens with zero attached hydrogens (tertiary/aromatic N) is 1. The van der Waals surface area contributed by atoms with Crippen molar-refractivity contribution in [1.82, 2.24) is 4.90 Å². The number of carbonyl (C=O) groups excluding carboxylic acids is 1. The van der Waals surface area contributed by atoms with E-state index in [-0.39, 0.29) is 11.7 Å². The van der Waals surface area contributed by atoms with Crippen LogP contribution in [-0.4, -0.2) is 23.9 Å². The minimum absolute atomic E-state index is 0.124. The van der Waals surface area contributed by atoms with Crippen LogP contribution in [-0.2, 0) is 0 Å². The molecular formula is C24H23FN2O. The zero-order chi connectivity index (χ0) is 19.4. The number of nitrogens with one attached hydrogen (secondary N) is 1. The molecule has 0 aromatic heterocycles. The normalized spacial score (nSPS) is 20.3. The standard InChI is InChI=1S/C24H23FN2O/c1-14-6-7-18(11-21(14)25)26-22-9-8-20(23-15(2)4-3-5-19(22)23)24(28)27-12-16-10-17(16)13-27/h3-9,11,16-17,26H,10,12-13H2,1-2H3. The molecule has 28 heavy (non-hydrogen) atoms. The summed E-state index contributed by atoms with van der Waals surface area (Å²) in [6.45, 7) is 5.56. The molecule has 1 N–H and O–H groups in total. The third kappa shape index (κ3) is 2.84. The fraction of sp³-hybridized carbons (Fsp3) is 0.292. The lowest BCUT2D eigenvalue weighted by atomic mass is 9.97. The van der Waals surface area contributed by atoms with Crippen molar-refractivity contribution in [2.75, 3.05) is 18.4 Å². The molecule has 1 heterocycles. The largest absolute Gasteiger partial charge is 0.355 e. The van der Waals surface area contributed by atoms with Crippen LogP contribution in [0.5, 0.6) is 0 Å². The SMILES string of the molecule is Cc1ccc(Nc2ccc(C(=O)N3CC4CC4C3)c3c(C)cccc23)cc1F. The summed E-state index contributed by atoms with van der Waals surface area (Å²) < 4.78 is 13.9. The first-order valence-electron chi connectivity index (χ1n) is 9.86. The van der Waals surface area contributed by atoms with E-state index >= 15 is 0 Å². The molecule has 1 saturated heterocycles. The summed E-state index contributed by atoms with van der Waals surface area (Å²) in [5.41, 5.74) is 4.03. The Morgan fingerprint density at radius 3 is 2.57 bits per heavy atom. The van der Waals surface area contributed by atoms with E-state index in [1.807, 2.05) is 48.2 Å². The van der Waals surface area contributed by atoms with Crippen molar-refractivity contribution in [2.45, 2.75) is 20.3 Å². The average molecular weight is 374 g/mol. The van der Waals surface area contributed by atoms with Gasteiger partial charge in [0.1, 0.15) is 5.82 Å². The van der Waals surface area contributed by atoms with Gasteiger partial charge in [0, 0.05) is 35.4 Å². The van der Waals surface area contributed by atoms with Gasteiger partial charge >= 0.3 is 0 Å². The maximum absolute atomic E-state index is 13.9. The Morgan fingerprint density at radius 2 is 1.82 bits per heavy atom. The summed E-state index contributed by atoms with van der Waals surface area (Å²) in [7, 11) is 0. The van der Waals surface area contributed by atoms with Crippen molar-refractivity contribution >= 4 is 28.1 Å². The molecule has 4 heteroatoms. The molecule has 2 atom stereocenters. The molecular weight excluding hydrogens is 351 g/mol. The summed E-state index contributed by atoms with van der Waals surface area (Å²) >= 11 is 0. The summed E-state index contributed by atoms with van der Waals surface area (Å²) in [5.74, 6) is 1.33. The molecule has 0 bridgehead atoms. The van der Waals surface area contributed by atoms with Gasteiger partial charge in [-0.15, -0.1) is 0 Å². The number of rotatable bonds is 3. The van der Waals surface area contributed by atoms with Crippen LogP contribution >= 0.6 is 0 Å². The van der Waals surface area contributed by atoms with Gasteiger partial charge in [0.2, 0.25) is 0 Å². The Bertz CT molecular complexity index is 1100. The predicted molar refractivity (Wildman–Crippen MR) is 111 cm³/mol. The number of fused-ring (bicyclic) bond motifs is 2. The highest BCUT2D eigenvalue weighted by Crippen LogP contribution is 2.45.